The molecule has 0 spiro atoms. The normalized spacial score (nSPS) is 11.9. The highest BCUT2D eigenvalue weighted by Crippen LogP contribution is 2.17. The Balaban J connectivity index is 2.61. The summed E-state index contributed by atoms with van der Waals surface area (Å²) in [4.78, 5) is 11.4. The highest BCUT2D eigenvalue weighted by atomic mass is 16.1. The van der Waals surface area contributed by atoms with Crippen LogP contribution >= 0.6 is 0 Å². The van der Waals surface area contributed by atoms with Crippen LogP contribution in [0.25, 0.3) is 0 Å². The van der Waals surface area contributed by atoms with Crippen molar-refractivity contribution in [2.24, 2.45) is 5.92 Å². The van der Waals surface area contributed by atoms with Crippen LogP contribution < -0.4 is 10.6 Å². The number of hydrogen-bond acceptors (Lipinski definition) is 2. The van der Waals surface area contributed by atoms with Crippen molar-refractivity contribution >= 4 is 11.6 Å². The van der Waals surface area contributed by atoms with Crippen LogP contribution in [0.15, 0.2) is 24.3 Å². The number of benzene rings is 1. The topological polar surface area (TPSA) is 41.1 Å². The van der Waals surface area contributed by atoms with Gasteiger partial charge in [0.25, 0.3) is 0 Å². The Kier molecular flexibility index (Phi) is 6.26. The molecular weight excluding hydrogens is 224 g/mol. The van der Waals surface area contributed by atoms with E-state index in [1.54, 1.807) is 7.05 Å². The first-order valence-corrected chi connectivity index (χ1v) is 6.69. The fourth-order valence-corrected chi connectivity index (χ4v) is 1.99. The second kappa shape index (κ2) is 7.75. The molecule has 0 saturated carbocycles. The van der Waals surface area contributed by atoms with Crippen molar-refractivity contribution in [3.05, 3.63) is 29.8 Å². The van der Waals surface area contributed by atoms with Gasteiger partial charge >= 0.3 is 0 Å². The van der Waals surface area contributed by atoms with Gasteiger partial charge in [0.2, 0.25) is 5.91 Å². The van der Waals surface area contributed by atoms with Crippen LogP contribution in [-0.4, -0.2) is 19.5 Å². The van der Waals surface area contributed by atoms with Crippen molar-refractivity contribution in [3.63, 3.8) is 0 Å². The number of carbonyl (C=O) groups excluding carboxylic acids is 1. The van der Waals surface area contributed by atoms with Gasteiger partial charge in [-0.1, -0.05) is 38.5 Å². The highest BCUT2D eigenvalue weighted by Gasteiger charge is 2.07. The van der Waals surface area contributed by atoms with E-state index in [0.29, 0.717) is 12.3 Å². The third-order valence-electron chi connectivity index (χ3n) is 3.07. The highest BCUT2D eigenvalue weighted by molar-refractivity contribution is 5.80. The quantitative estimate of drug-likeness (QED) is 0.779. The lowest BCUT2D eigenvalue weighted by atomic mass is 10.1. The van der Waals surface area contributed by atoms with E-state index >= 15 is 0 Å². The summed E-state index contributed by atoms with van der Waals surface area (Å²) in [7, 11) is 1.67. The molecule has 0 radical (unpaired) electrons. The van der Waals surface area contributed by atoms with Gasteiger partial charge in [-0.3, -0.25) is 4.79 Å². The lowest BCUT2D eigenvalue weighted by molar-refractivity contribution is -0.119. The summed E-state index contributed by atoms with van der Waals surface area (Å²) in [5, 5.41) is 6.11. The first-order chi connectivity index (χ1) is 8.67. The first kappa shape index (κ1) is 14.6. The van der Waals surface area contributed by atoms with Crippen LogP contribution in [0.5, 0.6) is 0 Å². The van der Waals surface area contributed by atoms with Crippen molar-refractivity contribution in [2.75, 3.05) is 18.9 Å². The number of nitrogens with one attached hydrogen (secondary N) is 2. The number of amides is 1. The molecule has 3 heteroatoms. The van der Waals surface area contributed by atoms with Crippen molar-refractivity contribution in [3.8, 4) is 0 Å². The van der Waals surface area contributed by atoms with Crippen LogP contribution in [-0.2, 0) is 11.2 Å². The molecular formula is C15H24N2O. The molecule has 0 aliphatic carbocycles. The average molecular weight is 248 g/mol. The number of anilines is 1. The van der Waals surface area contributed by atoms with Gasteiger partial charge in [0.05, 0.1) is 6.42 Å². The summed E-state index contributed by atoms with van der Waals surface area (Å²) in [5.41, 5.74) is 2.13. The number of rotatable bonds is 7. The third kappa shape index (κ3) is 4.78. The van der Waals surface area contributed by atoms with E-state index in [9.17, 15) is 4.79 Å². The summed E-state index contributed by atoms with van der Waals surface area (Å²) in [6.07, 6.45) is 2.87. The second-order valence-corrected chi connectivity index (χ2v) is 4.78. The van der Waals surface area contributed by atoms with E-state index in [0.717, 1.165) is 17.8 Å². The van der Waals surface area contributed by atoms with Crippen molar-refractivity contribution in [1.29, 1.82) is 0 Å². The van der Waals surface area contributed by atoms with Gasteiger partial charge in [-0.15, -0.1) is 0 Å². The average Bonchev–Trinajstić information content (AvgIpc) is 2.38. The van der Waals surface area contributed by atoms with E-state index in [4.69, 9.17) is 0 Å². The summed E-state index contributed by atoms with van der Waals surface area (Å²) in [6, 6.07) is 8.01. The Bertz CT molecular complexity index is 377. The van der Waals surface area contributed by atoms with E-state index < -0.39 is 0 Å². The molecule has 0 aliphatic heterocycles. The van der Waals surface area contributed by atoms with Gasteiger partial charge in [0.1, 0.15) is 0 Å². The van der Waals surface area contributed by atoms with Crippen molar-refractivity contribution in [2.45, 2.75) is 33.1 Å². The Morgan fingerprint density at radius 2 is 2.06 bits per heavy atom. The molecule has 1 aromatic rings. The van der Waals surface area contributed by atoms with Crippen molar-refractivity contribution in [1.82, 2.24) is 5.32 Å². The van der Waals surface area contributed by atoms with Gasteiger partial charge in [-0.05, 0) is 24.0 Å². The molecule has 0 fully saturated rings. The molecule has 1 atom stereocenters. The minimum Gasteiger partial charge on any atom is -0.385 e. The molecule has 2 N–H and O–H groups in total. The van der Waals surface area contributed by atoms with E-state index in [-0.39, 0.29) is 5.91 Å². The van der Waals surface area contributed by atoms with Gasteiger partial charge in [-0.2, -0.15) is 0 Å². The second-order valence-electron chi connectivity index (χ2n) is 4.78. The van der Waals surface area contributed by atoms with Crippen LogP contribution in [0.4, 0.5) is 5.69 Å². The summed E-state index contributed by atoms with van der Waals surface area (Å²) in [6.45, 7) is 5.41. The molecule has 3 nitrogen and oxygen atoms in total. The minimum atomic E-state index is 0.0471. The zero-order valence-electron chi connectivity index (χ0n) is 11.6. The van der Waals surface area contributed by atoms with Gasteiger partial charge < -0.3 is 10.6 Å². The minimum absolute atomic E-state index is 0.0471. The molecule has 1 amide bonds. The van der Waals surface area contributed by atoms with Crippen LogP contribution in [0.3, 0.4) is 0 Å². The monoisotopic (exact) mass is 248 g/mol. The number of carbonyl (C=O) groups is 1. The van der Waals surface area contributed by atoms with Gasteiger partial charge in [0, 0.05) is 19.3 Å². The molecule has 0 aliphatic rings. The maximum atomic E-state index is 11.4. The summed E-state index contributed by atoms with van der Waals surface area (Å²) in [5.74, 6) is 0.703. The lowest BCUT2D eigenvalue weighted by Crippen LogP contribution is -2.21. The third-order valence-corrected chi connectivity index (χ3v) is 3.07. The largest absolute Gasteiger partial charge is 0.385 e. The molecule has 100 valence electrons. The Hall–Kier alpha value is -1.51. The lowest BCUT2D eigenvalue weighted by Gasteiger charge is -2.15. The van der Waals surface area contributed by atoms with Gasteiger partial charge in [-0.25, -0.2) is 0 Å². The number of hydrogen-bond donors (Lipinski definition) is 2. The van der Waals surface area contributed by atoms with Crippen LogP contribution in [0.1, 0.15) is 32.3 Å². The Morgan fingerprint density at radius 3 is 2.72 bits per heavy atom. The van der Waals surface area contributed by atoms with Gasteiger partial charge in [0.15, 0.2) is 0 Å². The zero-order chi connectivity index (χ0) is 13.4. The van der Waals surface area contributed by atoms with Crippen molar-refractivity contribution < 1.29 is 4.79 Å². The Labute approximate surface area is 110 Å². The maximum absolute atomic E-state index is 11.4. The Morgan fingerprint density at radius 1 is 1.33 bits per heavy atom. The fraction of sp³-hybridized carbons (Fsp3) is 0.533. The standard InChI is InChI=1S/C15H24N2O/c1-4-7-12(2)11-17-14-9-6-5-8-13(14)10-15(18)16-3/h5-6,8-9,12,17H,4,7,10-11H2,1-3H3,(H,16,18). The maximum Gasteiger partial charge on any atom is 0.224 e. The molecule has 0 heterocycles. The molecule has 1 aromatic carbocycles. The van der Waals surface area contributed by atoms with E-state index in [2.05, 4.69) is 24.5 Å². The predicted molar refractivity (Wildman–Crippen MR) is 76.8 cm³/mol. The predicted octanol–water partition coefficient (Wildman–Crippen LogP) is 2.82. The van der Waals surface area contributed by atoms with E-state index in [1.165, 1.54) is 12.8 Å². The number of para-hydroxylation sites is 1. The summed E-state index contributed by atoms with van der Waals surface area (Å²) < 4.78 is 0. The molecule has 18 heavy (non-hydrogen) atoms. The fourth-order valence-electron chi connectivity index (χ4n) is 1.99. The van der Waals surface area contributed by atoms with Crippen LogP contribution in [0, 0.1) is 5.92 Å². The summed E-state index contributed by atoms with van der Waals surface area (Å²) >= 11 is 0. The first-order valence-electron chi connectivity index (χ1n) is 6.69. The number of likely N-dealkylation sites (N-methyl/N-ethyl adjacent to an activating group) is 1. The molecule has 1 unspecified atom stereocenters. The molecule has 0 bridgehead atoms. The smallest absolute Gasteiger partial charge is 0.224 e. The SMILES string of the molecule is CCCC(C)CNc1ccccc1CC(=O)NC. The zero-order valence-corrected chi connectivity index (χ0v) is 11.6. The van der Waals surface area contributed by atoms with E-state index in [1.807, 2.05) is 24.3 Å². The molecule has 0 saturated heterocycles. The molecule has 0 aromatic heterocycles. The van der Waals surface area contributed by atoms with Crippen LogP contribution in [0.2, 0.25) is 0 Å². The molecule has 1 rings (SSSR count).